The third-order valence-electron chi connectivity index (χ3n) is 5.98. The van der Waals surface area contributed by atoms with Crippen molar-refractivity contribution in [2.24, 2.45) is 11.5 Å². The molecule has 4 N–H and O–H groups in total. The van der Waals surface area contributed by atoms with Gasteiger partial charge in [-0.3, -0.25) is 0 Å². The molecule has 0 radical (unpaired) electrons. The number of hydrogen-bond donors (Lipinski definition) is 2. The van der Waals surface area contributed by atoms with Crippen LogP contribution in [0.15, 0.2) is 0 Å². The first-order valence-electron chi connectivity index (χ1n) is 14.4. The van der Waals surface area contributed by atoms with E-state index in [4.69, 9.17) is 20.9 Å². The number of hydrogen-bond acceptors (Lipinski definition) is 4. The van der Waals surface area contributed by atoms with E-state index in [0.717, 1.165) is 12.8 Å². The maximum atomic E-state index is 5.23. The van der Waals surface area contributed by atoms with Crippen LogP contribution in [0.25, 0.3) is 0 Å². The van der Waals surface area contributed by atoms with Crippen molar-refractivity contribution in [1.82, 2.24) is 0 Å². The minimum atomic E-state index is 0.178. The lowest BCUT2D eigenvalue weighted by Gasteiger charge is -2.03. The number of ether oxygens (including phenoxy) is 2. The molecule has 0 spiro atoms. The van der Waals surface area contributed by atoms with Gasteiger partial charge >= 0.3 is 0 Å². The molecule has 0 bridgehead atoms. The van der Waals surface area contributed by atoms with Gasteiger partial charge in [-0.2, -0.15) is 0 Å². The molecule has 0 aromatic carbocycles. The highest BCUT2D eigenvalue weighted by Crippen LogP contribution is 2.12. The molecule has 0 aromatic heterocycles. The summed E-state index contributed by atoms with van der Waals surface area (Å²) < 4.78 is 10.1. The van der Waals surface area contributed by atoms with E-state index in [2.05, 4.69) is 38.3 Å². The lowest BCUT2D eigenvalue weighted by molar-refractivity contribution is 0.295. The summed E-state index contributed by atoms with van der Waals surface area (Å²) in [5, 5.41) is 0.356. The largest absolute Gasteiger partial charge is 0.471 e. The van der Waals surface area contributed by atoms with Crippen molar-refractivity contribution < 1.29 is 9.47 Å². The van der Waals surface area contributed by atoms with Crippen LogP contribution in [0.5, 0.6) is 0 Å². The average Bonchev–Trinajstić information content (AvgIpc) is 2.80. The summed E-state index contributed by atoms with van der Waals surface area (Å²) >= 11 is 9.26. The zero-order valence-corrected chi connectivity index (χ0v) is 24.4. The van der Waals surface area contributed by atoms with E-state index in [1.807, 2.05) is 0 Å². The molecule has 0 heterocycles. The van der Waals surface area contributed by atoms with Crippen LogP contribution in [0, 0.1) is 0 Å². The summed E-state index contributed by atoms with van der Waals surface area (Å²) in [6.45, 7) is 5.90. The monoisotopic (exact) mass is 518 g/mol. The van der Waals surface area contributed by atoms with E-state index in [1.165, 1.54) is 128 Å². The van der Waals surface area contributed by atoms with Gasteiger partial charge in [-0.05, 0) is 37.3 Å². The number of thiocarbonyl (C=S) groups is 2. The van der Waals surface area contributed by atoms with Gasteiger partial charge in [0.25, 0.3) is 10.3 Å². The fourth-order valence-electron chi connectivity index (χ4n) is 3.88. The van der Waals surface area contributed by atoms with E-state index in [-0.39, 0.29) is 10.3 Å². The van der Waals surface area contributed by atoms with Crippen molar-refractivity contribution >= 4 is 34.8 Å². The second kappa shape index (κ2) is 32.4. The Hall–Kier alpha value is -0.620. The molecule has 0 atom stereocenters. The molecule has 0 aromatic rings. The van der Waals surface area contributed by atoms with Crippen LogP contribution >= 0.6 is 24.4 Å². The van der Waals surface area contributed by atoms with Gasteiger partial charge in [0.2, 0.25) is 0 Å². The van der Waals surface area contributed by atoms with E-state index in [9.17, 15) is 0 Å². The number of nitrogens with two attached hydrogens (primary N) is 2. The number of rotatable bonds is 24. The van der Waals surface area contributed by atoms with Gasteiger partial charge in [0.15, 0.2) is 0 Å². The molecule has 0 aliphatic heterocycles. The Morgan fingerprint density at radius 3 is 0.824 bits per heavy atom. The fraction of sp³-hybridized carbons (Fsp3) is 0.929. The first-order chi connectivity index (χ1) is 16.5. The topological polar surface area (TPSA) is 70.5 Å². The zero-order valence-electron chi connectivity index (χ0n) is 22.8. The minimum absolute atomic E-state index is 0.178. The van der Waals surface area contributed by atoms with Gasteiger partial charge in [0, 0.05) is 0 Å². The number of unbranched alkanes of at least 4 members (excludes halogenated alkanes) is 20. The summed E-state index contributed by atoms with van der Waals surface area (Å²) in [6.07, 6.45) is 29.6. The second-order valence-electron chi connectivity index (χ2n) is 9.41. The fourth-order valence-corrected chi connectivity index (χ4v) is 4.04. The highest BCUT2D eigenvalue weighted by molar-refractivity contribution is 7.80. The van der Waals surface area contributed by atoms with Crippen molar-refractivity contribution in [2.45, 2.75) is 155 Å². The SMILES string of the molecule is CCCCCCCCCCCCCOC(N)=S.CCCCCCCCCCCCCOC(N)=S. The van der Waals surface area contributed by atoms with Gasteiger partial charge in [0.05, 0.1) is 13.2 Å². The third-order valence-corrected chi connectivity index (χ3v) is 6.22. The van der Waals surface area contributed by atoms with E-state index in [1.54, 1.807) is 0 Å². The van der Waals surface area contributed by atoms with Crippen LogP contribution in [0.4, 0.5) is 0 Å². The quantitative estimate of drug-likeness (QED) is 0.0980. The molecule has 6 heteroatoms. The Labute approximate surface area is 223 Å². The third kappa shape index (κ3) is 38.6. The van der Waals surface area contributed by atoms with Crippen LogP contribution in [0.2, 0.25) is 0 Å². The predicted octanol–water partition coefficient (Wildman–Crippen LogP) is 9.12. The molecule has 0 saturated heterocycles. The average molecular weight is 519 g/mol. The van der Waals surface area contributed by atoms with Gasteiger partial charge in [-0.1, -0.05) is 142 Å². The smallest absolute Gasteiger partial charge is 0.253 e. The van der Waals surface area contributed by atoms with Crippen molar-refractivity contribution in [3.8, 4) is 0 Å². The Morgan fingerprint density at radius 1 is 0.412 bits per heavy atom. The highest BCUT2D eigenvalue weighted by atomic mass is 32.1. The van der Waals surface area contributed by atoms with E-state index >= 15 is 0 Å². The molecule has 0 aliphatic carbocycles. The van der Waals surface area contributed by atoms with E-state index in [0.29, 0.717) is 13.2 Å². The van der Waals surface area contributed by atoms with Crippen LogP contribution in [0.1, 0.15) is 155 Å². The molecule has 0 fully saturated rings. The predicted molar refractivity (Wildman–Crippen MR) is 158 cm³/mol. The maximum absolute atomic E-state index is 5.23. The normalized spacial score (nSPS) is 10.4. The van der Waals surface area contributed by atoms with Gasteiger partial charge in [0.1, 0.15) is 0 Å². The summed E-state index contributed by atoms with van der Waals surface area (Å²) in [5.74, 6) is 0. The Balaban J connectivity index is 0. The Morgan fingerprint density at radius 2 is 0.618 bits per heavy atom. The van der Waals surface area contributed by atoms with Crippen molar-refractivity contribution in [2.75, 3.05) is 13.2 Å². The van der Waals surface area contributed by atoms with Gasteiger partial charge in [-0.25, -0.2) is 0 Å². The molecule has 0 saturated carbocycles. The molecule has 4 nitrogen and oxygen atoms in total. The van der Waals surface area contributed by atoms with Gasteiger partial charge in [-0.15, -0.1) is 0 Å². The Kier molecular flexibility index (Phi) is 33.8. The minimum Gasteiger partial charge on any atom is -0.471 e. The van der Waals surface area contributed by atoms with Crippen molar-refractivity contribution in [3.63, 3.8) is 0 Å². The zero-order chi connectivity index (χ0) is 25.5. The lowest BCUT2D eigenvalue weighted by Crippen LogP contribution is -2.13. The van der Waals surface area contributed by atoms with E-state index < -0.39 is 0 Å². The lowest BCUT2D eigenvalue weighted by atomic mass is 10.1. The van der Waals surface area contributed by atoms with Crippen molar-refractivity contribution in [1.29, 1.82) is 0 Å². The van der Waals surface area contributed by atoms with Crippen LogP contribution in [0.3, 0.4) is 0 Å². The summed E-state index contributed by atoms with van der Waals surface area (Å²) in [6, 6.07) is 0. The molecular formula is C28H58N2O2S2. The molecule has 204 valence electrons. The molecule has 34 heavy (non-hydrogen) atoms. The van der Waals surface area contributed by atoms with Crippen LogP contribution in [-0.2, 0) is 9.47 Å². The molecule has 0 rings (SSSR count). The summed E-state index contributed by atoms with van der Waals surface area (Å²) in [4.78, 5) is 0. The first kappa shape index (κ1) is 35.5. The molecule has 0 unspecified atom stereocenters. The van der Waals surface area contributed by atoms with Crippen LogP contribution in [-0.4, -0.2) is 23.6 Å². The van der Waals surface area contributed by atoms with Crippen LogP contribution < -0.4 is 11.5 Å². The highest BCUT2D eigenvalue weighted by Gasteiger charge is 1.95. The first-order valence-corrected chi connectivity index (χ1v) is 15.2. The molecule has 0 amide bonds. The second-order valence-corrected chi connectivity index (χ2v) is 10.2. The maximum Gasteiger partial charge on any atom is 0.253 e. The molecule has 0 aliphatic rings. The Bertz CT molecular complexity index is 385. The summed E-state index contributed by atoms with van der Waals surface area (Å²) in [7, 11) is 0. The summed E-state index contributed by atoms with van der Waals surface area (Å²) in [5.41, 5.74) is 10.5. The van der Waals surface area contributed by atoms with Gasteiger partial charge < -0.3 is 20.9 Å². The standard InChI is InChI=1S/2C14H29NOS/c2*1-2-3-4-5-6-7-8-9-10-11-12-13-16-14(15)17/h2*2-13H2,1H3,(H2,15,17). The molecular weight excluding hydrogens is 460 g/mol. The van der Waals surface area contributed by atoms with Crippen molar-refractivity contribution in [3.05, 3.63) is 0 Å².